The lowest BCUT2D eigenvalue weighted by atomic mass is 10.1. The van der Waals surface area contributed by atoms with E-state index >= 15 is 0 Å². The van der Waals surface area contributed by atoms with Crippen LogP contribution in [0.25, 0.3) is 16.6 Å². The maximum Gasteiger partial charge on any atom is 0.573 e. The molecule has 3 heterocycles. The van der Waals surface area contributed by atoms with Crippen molar-refractivity contribution >= 4 is 39.0 Å². The Hall–Kier alpha value is -4.00. The van der Waals surface area contributed by atoms with Crippen molar-refractivity contribution in [2.75, 3.05) is 5.32 Å². The molecule has 3 aromatic rings. The van der Waals surface area contributed by atoms with E-state index in [-0.39, 0.29) is 22.6 Å². The van der Waals surface area contributed by atoms with Crippen molar-refractivity contribution in [3.63, 3.8) is 0 Å². The number of anilines is 1. The number of allylic oxidation sites excluding steroid dienone is 4. The zero-order chi connectivity index (χ0) is 25.0. The van der Waals surface area contributed by atoms with Crippen LogP contribution in [-0.4, -0.2) is 31.8 Å². The number of carbonyl (C=O) groups is 1. The summed E-state index contributed by atoms with van der Waals surface area (Å²) in [6.07, 6.45) is -0.331. The van der Waals surface area contributed by atoms with Gasteiger partial charge in [0.2, 0.25) is 5.91 Å². The second-order valence-electron chi connectivity index (χ2n) is 6.93. The van der Waals surface area contributed by atoms with Gasteiger partial charge in [-0.05, 0) is 36.3 Å². The van der Waals surface area contributed by atoms with E-state index in [0.717, 1.165) is 34.1 Å². The molecule has 0 fully saturated rings. The number of thiazole rings is 1. The number of rotatable bonds is 7. The molecule has 178 valence electrons. The molecule has 0 atom stereocenters. The average molecular weight is 493 g/mol. The van der Waals surface area contributed by atoms with Gasteiger partial charge in [-0.1, -0.05) is 12.7 Å². The van der Waals surface area contributed by atoms with Crippen LogP contribution in [0.15, 0.2) is 57.8 Å². The van der Waals surface area contributed by atoms with Crippen LogP contribution in [0.4, 0.5) is 18.3 Å². The predicted octanol–water partition coefficient (Wildman–Crippen LogP) is 3.27. The number of aromatic amines is 1. The maximum absolute atomic E-state index is 12.6. The summed E-state index contributed by atoms with van der Waals surface area (Å²) < 4.78 is 42.4. The molecule has 0 spiro atoms. The Balaban J connectivity index is 1.78. The zero-order valence-corrected chi connectivity index (χ0v) is 18.7. The van der Waals surface area contributed by atoms with Gasteiger partial charge in [0.1, 0.15) is 11.4 Å². The molecule has 0 bridgehead atoms. The van der Waals surface area contributed by atoms with Crippen LogP contribution >= 0.6 is 11.3 Å². The highest BCUT2D eigenvalue weighted by Crippen LogP contribution is 2.26. The molecule has 34 heavy (non-hydrogen) atoms. The lowest BCUT2D eigenvalue weighted by Gasteiger charge is -2.09. The summed E-state index contributed by atoms with van der Waals surface area (Å²) >= 11 is 1.07. The van der Waals surface area contributed by atoms with Crippen LogP contribution in [0.5, 0.6) is 0 Å². The first-order valence-corrected chi connectivity index (χ1v) is 10.5. The maximum atomic E-state index is 12.6. The topological polar surface area (TPSA) is 119 Å². The quantitative estimate of drug-likeness (QED) is 0.385. The summed E-state index contributed by atoms with van der Waals surface area (Å²) in [6.45, 7) is 4.90. The minimum atomic E-state index is -4.86. The molecule has 13 heteroatoms. The Morgan fingerprint density at radius 2 is 2.12 bits per heavy atom. The molecule has 0 aliphatic carbocycles. The third-order valence-electron chi connectivity index (χ3n) is 4.47. The lowest BCUT2D eigenvalue weighted by Crippen LogP contribution is -2.33. The second kappa shape index (κ2) is 9.87. The number of alkyl halides is 3. The Morgan fingerprint density at radius 1 is 1.38 bits per heavy atom. The van der Waals surface area contributed by atoms with Gasteiger partial charge in [-0.3, -0.25) is 19.1 Å². The van der Waals surface area contributed by atoms with E-state index in [4.69, 9.17) is 0 Å². The molecule has 0 aliphatic heterocycles. The summed E-state index contributed by atoms with van der Waals surface area (Å²) in [6, 6.07) is 1.50. The molecule has 2 N–H and O–H groups in total. The number of hydrogen-bond acceptors (Lipinski definition) is 7. The van der Waals surface area contributed by atoms with Crippen LogP contribution < -0.4 is 16.6 Å². The number of halogens is 3. The highest BCUT2D eigenvalue weighted by atomic mass is 32.1. The summed E-state index contributed by atoms with van der Waals surface area (Å²) in [5, 5.41) is 4.47. The van der Waals surface area contributed by atoms with Gasteiger partial charge >= 0.3 is 12.1 Å². The zero-order valence-electron chi connectivity index (χ0n) is 17.9. The summed E-state index contributed by atoms with van der Waals surface area (Å²) in [4.78, 5) is 47.4. The van der Waals surface area contributed by atoms with E-state index in [9.17, 15) is 27.6 Å². The number of amides is 1. The third kappa shape index (κ3) is 5.86. The van der Waals surface area contributed by atoms with Crippen LogP contribution in [0, 0.1) is 0 Å². The number of nitrogens with one attached hydrogen (secondary N) is 2. The molecule has 3 rings (SSSR count). The summed E-state index contributed by atoms with van der Waals surface area (Å²) in [7, 11) is 1.31. The number of pyridine rings is 1. The van der Waals surface area contributed by atoms with Gasteiger partial charge in [-0.25, -0.2) is 14.8 Å². The van der Waals surface area contributed by atoms with E-state index in [2.05, 4.69) is 31.6 Å². The van der Waals surface area contributed by atoms with Gasteiger partial charge in [0.15, 0.2) is 5.13 Å². The van der Waals surface area contributed by atoms with Gasteiger partial charge < -0.3 is 10.1 Å². The Bertz CT molecular complexity index is 1430. The van der Waals surface area contributed by atoms with E-state index in [1.54, 1.807) is 5.38 Å². The highest BCUT2D eigenvalue weighted by Gasteiger charge is 2.31. The number of nitrogens with zero attached hydrogens (tertiary/aromatic N) is 3. The Kier molecular flexibility index (Phi) is 7.15. The highest BCUT2D eigenvalue weighted by molar-refractivity contribution is 7.14. The largest absolute Gasteiger partial charge is 0.573 e. The molecular formula is C21H18F3N5O4S. The number of hydrogen-bond donors (Lipinski definition) is 2. The first-order valence-electron chi connectivity index (χ1n) is 9.58. The fourth-order valence-electron chi connectivity index (χ4n) is 2.92. The first kappa shape index (κ1) is 24.6. The van der Waals surface area contributed by atoms with Crippen molar-refractivity contribution in [3.05, 3.63) is 80.3 Å². The van der Waals surface area contributed by atoms with Crippen molar-refractivity contribution in [1.82, 2.24) is 19.5 Å². The second-order valence-corrected chi connectivity index (χ2v) is 7.79. The van der Waals surface area contributed by atoms with E-state index in [1.165, 1.54) is 26.2 Å². The van der Waals surface area contributed by atoms with Crippen molar-refractivity contribution in [2.24, 2.45) is 7.05 Å². The average Bonchev–Trinajstić information content (AvgIpc) is 3.19. The normalized spacial score (nSPS) is 12.6. The standard InChI is InChI=1S/C21H18F3N5O4S/c1-4-5-13(33-21(22,23)24)8-11(2)14-10-34-19(26-14)27-15(30)9-12-6-7-25-17-16(12)18(31)29(3)20(32)28-17/h4-8,10H,1,9H2,2-3H3,(H,25,28,32)(H,26,27,30)/b11-8+,13-5+. The molecule has 3 aromatic heterocycles. The molecule has 0 aliphatic rings. The molecule has 9 nitrogen and oxygen atoms in total. The summed E-state index contributed by atoms with van der Waals surface area (Å²) in [5.41, 5.74) is -0.0899. The predicted molar refractivity (Wildman–Crippen MR) is 121 cm³/mol. The molecule has 0 aromatic carbocycles. The minimum absolute atomic E-state index is 0.0696. The molecule has 0 radical (unpaired) electrons. The van der Waals surface area contributed by atoms with Crippen molar-refractivity contribution < 1.29 is 22.7 Å². The van der Waals surface area contributed by atoms with Crippen LogP contribution in [0.2, 0.25) is 0 Å². The lowest BCUT2D eigenvalue weighted by molar-refractivity contribution is -0.303. The number of ether oxygens (including phenoxy) is 1. The van der Waals surface area contributed by atoms with Gasteiger partial charge in [-0.15, -0.1) is 24.5 Å². The van der Waals surface area contributed by atoms with E-state index in [0.29, 0.717) is 16.8 Å². The van der Waals surface area contributed by atoms with E-state index < -0.39 is 29.3 Å². The minimum Gasteiger partial charge on any atom is -0.406 e. The summed E-state index contributed by atoms with van der Waals surface area (Å²) in [5.74, 6) is -0.960. The number of aromatic nitrogens is 4. The van der Waals surface area contributed by atoms with Gasteiger partial charge in [0.05, 0.1) is 17.5 Å². The molecule has 0 saturated heterocycles. The fraction of sp³-hybridized carbons (Fsp3) is 0.190. The Morgan fingerprint density at radius 3 is 2.79 bits per heavy atom. The third-order valence-corrected chi connectivity index (χ3v) is 5.22. The molecule has 0 saturated carbocycles. The monoisotopic (exact) mass is 493 g/mol. The van der Waals surface area contributed by atoms with Gasteiger partial charge in [-0.2, -0.15) is 0 Å². The molecular weight excluding hydrogens is 475 g/mol. The SMILES string of the molecule is C=C/C=C(\C=C(/C)c1csc(NC(=O)Cc2ccnc3[nH]c(=O)n(C)c(=O)c23)n1)OC(F)(F)F. The Labute approximate surface area is 193 Å². The van der Waals surface area contributed by atoms with Crippen molar-refractivity contribution in [2.45, 2.75) is 19.7 Å². The molecule has 0 unspecified atom stereocenters. The van der Waals surface area contributed by atoms with Crippen LogP contribution in [0.1, 0.15) is 18.2 Å². The van der Waals surface area contributed by atoms with Crippen molar-refractivity contribution in [3.8, 4) is 0 Å². The van der Waals surface area contributed by atoms with E-state index in [1.807, 2.05) is 0 Å². The smallest absolute Gasteiger partial charge is 0.406 e. The van der Waals surface area contributed by atoms with Crippen molar-refractivity contribution in [1.29, 1.82) is 0 Å². The van der Waals surface area contributed by atoms with Crippen LogP contribution in [-0.2, 0) is 23.0 Å². The van der Waals surface area contributed by atoms with Gasteiger partial charge in [0.25, 0.3) is 5.56 Å². The number of H-pyrrole nitrogens is 1. The number of fused-ring (bicyclic) bond motifs is 1. The fourth-order valence-corrected chi connectivity index (χ4v) is 3.71. The van der Waals surface area contributed by atoms with Gasteiger partial charge in [0, 0.05) is 18.6 Å². The van der Waals surface area contributed by atoms with Crippen LogP contribution in [0.3, 0.4) is 0 Å². The first-order chi connectivity index (χ1) is 16.0. The number of carbonyl (C=O) groups excluding carboxylic acids is 1. The molecule has 1 amide bonds.